The Morgan fingerprint density at radius 3 is 1.87 bits per heavy atom. The number of thioether (sulfide) groups is 1. The van der Waals surface area contributed by atoms with Crippen LogP contribution in [-0.4, -0.2) is 11.5 Å². The van der Waals surface area contributed by atoms with Gasteiger partial charge < -0.3 is 0 Å². The molecule has 2 aromatic carbocycles. The van der Waals surface area contributed by atoms with Crippen molar-refractivity contribution in [3.8, 4) is 0 Å². The van der Waals surface area contributed by atoms with E-state index in [4.69, 9.17) is 0 Å². The highest BCUT2D eigenvalue weighted by atomic mass is 32.2. The molecule has 1 atom stereocenters. The fraction of sp³-hybridized carbons (Fsp3) is 0.586. The Morgan fingerprint density at radius 2 is 1.27 bits per heavy atom. The van der Waals surface area contributed by atoms with E-state index in [1.165, 1.54) is 74.0 Å². The maximum absolute atomic E-state index is 2.42. The molecule has 0 saturated heterocycles. The van der Waals surface area contributed by atoms with Crippen molar-refractivity contribution in [2.45, 2.75) is 86.0 Å². The molecule has 0 fully saturated rings. The van der Waals surface area contributed by atoms with E-state index in [0.717, 1.165) is 5.92 Å². The summed E-state index contributed by atoms with van der Waals surface area (Å²) in [6.07, 6.45) is 10.6. The van der Waals surface area contributed by atoms with Crippen molar-refractivity contribution in [2.24, 2.45) is 11.3 Å². The lowest BCUT2D eigenvalue weighted by Gasteiger charge is -2.24. The Balaban J connectivity index is 0.00000218. The third-order valence-corrected chi connectivity index (χ3v) is 6.74. The van der Waals surface area contributed by atoms with Gasteiger partial charge in [-0.1, -0.05) is 115 Å². The molecular weight excluding hydrogens is 380 g/mol. The Bertz CT molecular complexity index is 617. The second kappa shape index (κ2) is 16.5. The van der Waals surface area contributed by atoms with Crippen molar-refractivity contribution in [3.05, 3.63) is 71.8 Å². The summed E-state index contributed by atoms with van der Waals surface area (Å²) in [7, 11) is 0. The Morgan fingerprint density at radius 1 is 0.733 bits per heavy atom. The van der Waals surface area contributed by atoms with Crippen molar-refractivity contribution in [3.63, 3.8) is 0 Å². The van der Waals surface area contributed by atoms with E-state index in [1.54, 1.807) is 0 Å². The SMILES string of the molecule is CC.CC(CCCCSCCCCC(C)(C)Cc1ccccc1)Cc1ccccc1. The minimum atomic E-state index is 0.418. The summed E-state index contributed by atoms with van der Waals surface area (Å²) in [5.41, 5.74) is 3.38. The van der Waals surface area contributed by atoms with Crippen molar-refractivity contribution < 1.29 is 0 Å². The third-order valence-electron chi connectivity index (χ3n) is 5.58. The lowest BCUT2D eigenvalue weighted by atomic mass is 9.81. The van der Waals surface area contributed by atoms with Gasteiger partial charge in [0.1, 0.15) is 0 Å². The molecule has 0 aliphatic rings. The van der Waals surface area contributed by atoms with Crippen LogP contribution in [0.5, 0.6) is 0 Å². The van der Waals surface area contributed by atoms with Crippen LogP contribution in [0.1, 0.15) is 84.3 Å². The van der Waals surface area contributed by atoms with Gasteiger partial charge in [-0.3, -0.25) is 0 Å². The quantitative estimate of drug-likeness (QED) is 0.271. The maximum atomic E-state index is 2.42. The van der Waals surface area contributed by atoms with Crippen LogP contribution in [-0.2, 0) is 12.8 Å². The molecule has 168 valence electrons. The van der Waals surface area contributed by atoms with Gasteiger partial charge in [0.05, 0.1) is 0 Å². The smallest absolute Gasteiger partial charge is 0.00675 e. The lowest BCUT2D eigenvalue weighted by Crippen LogP contribution is -2.15. The highest BCUT2D eigenvalue weighted by Crippen LogP contribution is 2.28. The van der Waals surface area contributed by atoms with Crippen molar-refractivity contribution >= 4 is 11.8 Å². The second-order valence-corrected chi connectivity index (χ2v) is 10.4. The summed E-state index contributed by atoms with van der Waals surface area (Å²) in [6, 6.07) is 21.9. The summed E-state index contributed by atoms with van der Waals surface area (Å²) in [5, 5.41) is 0. The summed E-state index contributed by atoms with van der Waals surface area (Å²) < 4.78 is 0. The van der Waals surface area contributed by atoms with Crippen molar-refractivity contribution in [1.29, 1.82) is 0 Å². The van der Waals surface area contributed by atoms with Crippen molar-refractivity contribution in [2.75, 3.05) is 11.5 Å². The van der Waals surface area contributed by atoms with E-state index in [9.17, 15) is 0 Å². The van der Waals surface area contributed by atoms with E-state index in [1.807, 2.05) is 13.8 Å². The van der Waals surface area contributed by atoms with E-state index < -0.39 is 0 Å². The molecule has 0 spiro atoms. The molecule has 0 aliphatic heterocycles. The average molecular weight is 427 g/mol. The van der Waals surface area contributed by atoms with E-state index in [-0.39, 0.29) is 0 Å². The summed E-state index contributed by atoms with van der Waals surface area (Å²) >= 11 is 2.16. The van der Waals surface area contributed by atoms with Crippen molar-refractivity contribution in [1.82, 2.24) is 0 Å². The molecule has 30 heavy (non-hydrogen) atoms. The zero-order chi connectivity index (χ0) is 22.1. The molecule has 0 heterocycles. The zero-order valence-electron chi connectivity index (χ0n) is 20.3. The molecule has 0 amide bonds. The summed E-state index contributed by atoms with van der Waals surface area (Å²) in [6.45, 7) is 11.2. The molecule has 0 saturated carbocycles. The zero-order valence-corrected chi connectivity index (χ0v) is 21.1. The van der Waals surface area contributed by atoms with Gasteiger partial charge in [0.15, 0.2) is 0 Å². The second-order valence-electron chi connectivity index (χ2n) is 9.19. The Labute approximate surface area is 192 Å². The highest BCUT2D eigenvalue weighted by Gasteiger charge is 2.17. The largest absolute Gasteiger partial charge is 0.162 e. The average Bonchev–Trinajstić information content (AvgIpc) is 2.75. The van der Waals surface area contributed by atoms with Crippen LogP contribution in [0.3, 0.4) is 0 Å². The first kappa shape index (κ1) is 26.8. The first-order chi connectivity index (χ1) is 14.6. The molecule has 0 radical (unpaired) electrons. The minimum absolute atomic E-state index is 0.418. The first-order valence-electron chi connectivity index (χ1n) is 12.2. The molecule has 0 aliphatic carbocycles. The lowest BCUT2D eigenvalue weighted by molar-refractivity contribution is 0.322. The van der Waals surface area contributed by atoms with Crippen LogP contribution < -0.4 is 0 Å². The van der Waals surface area contributed by atoms with Gasteiger partial charge in [-0.25, -0.2) is 0 Å². The van der Waals surface area contributed by atoms with Gasteiger partial charge in [0.2, 0.25) is 0 Å². The van der Waals surface area contributed by atoms with Gasteiger partial charge >= 0.3 is 0 Å². The van der Waals surface area contributed by atoms with Gasteiger partial charge in [-0.15, -0.1) is 0 Å². The monoisotopic (exact) mass is 426 g/mol. The predicted molar refractivity (Wildman–Crippen MR) is 140 cm³/mol. The van der Waals surface area contributed by atoms with E-state index in [2.05, 4.69) is 93.2 Å². The number of hydrogen-bond acceptors (Lipinski definition) is 1. The van der Waals surface area contributed by atoms with Crippen LogP contribution in [0, 0.1) is 11.3 Å². The Kier molecular flexibility index (Phi) is 14.7. The summed E-state index contributed by atoms with van der Waals surface area (Å²) in [4.78, 5) is 0. The highest BCUT2D eigenvalue weighted by molar-refractivity contribution is 7.99. The van der Waals surface area contributed by atoms with Crippen LogP contribution in [0.4, 0.5) is 0 Å². The third kappa shape index (κ3) is 13.2. The minimum Gasteiger partial charge on any atom is -0.162 e. The van der Waals surface area contributed by atoms with Crippen LogP contribution >= 0.6 is 11.8 Å². The molecule has 2 aromatic rings. The normalized spacial score (nSPS) is 12.2. The van der Waals surface area contributed by atoms with Gasteiger partial charge in [-0.2, -0.15) is 11.8 Å². The fourth-order valence-corrected chi connectivity index (χ4v) is 4.98. The molecule has 0 N–H and O–H groups in total. The molecular formula is C29H46S. The Hall–Kier alpha value is -1.21. The maximum Gasteiger partial charge on any atom is -0.00675 e. The van der Waals surface area contributed by atoms with E-state index in [0.29, 0.717) is 5.41 Å². The molecule has 1 heteroatoms. The van der Waals surface area contributed by atoms with E-state index >= 15 is 0 Å². The van der Waals surface area contributed by atoms with Gasteiger partial charge in [0, 0.05) is 0 Å². The standard InChI is InChI=1S/C27H40S.C2H6/c1-24(22-25-15-6-4-7-16-25)14-10-12-20-28-21-13-11-19-27(2,3)23-26-17-8-5-9-18-26;1-2/h4-9,15-18,24H,10-14,19-23H2,1-3H3;1-2H3. The number of benzene rings is 2. The topological polar surface area (TPSA) is 0 Å². The van der Waals surface area contributed by atoms with Gasteiger partial charge in [0.25, 0.3) is 0 Å². The van der Waals surface area contributed by atoms with Gasteiger partial charge in [-0.05, 0) is 66.1 Å². The first-order valence-corrected chi connectivity index (χ1v) is 13.4. The fourth-order valence-electron chi connectivity index (χ4n) is 3.96. The van der Waals surface area contributed by atoms with Crippen LogP contribution in [0.25, 0.3) is 0 Å². The molecule has 2 rings (SSSR count). The molecule has 0 aromatic heterocycles. The molecule has 1 unspecified atom stereocenters. The van der Waals surface area contributed by atoms with Crippen LogP contribution in [0.2, 0.25) is 0 Å². The summed E-state index contributed by atoms with van der Waals surface area (Å²) in [5.74, 6) is 3.48. The number of rotatable bonds is 14. The molecule has 0 nitrogen and oxygen atoms in total. The molecule has 0 bridgehead atoms. The number of unbranched alkanes of at least 4 members (excludes halogenated alkanes) is 2. The van der Waals surface area contributed by atoms with Crippen LogP contribution in [0.15, 0.2) is 60.7 Å². The predicted octanol–water partition coefficient (Wildman–Crippen LogP) is 9.23. The number of hydrogen-bond donors (Lipinski definition) is 0.